The highest BCUT2D eigenvalue weighted by Crippen LogP contribution is 2.15. The largest absolute Gasteiger partial charge is 0.459 e. The Balaban J connectivity index is -0.000000339. The maximum Gasteiger partial charge on any atom is 0.338 e. The number of unbranched alkanes of at least 4 members (excludes halogenated alkanes) is 2. The molecule has 0 spiro atoms. The summed E-state index contributed by atoms with van der Waals surface area (Å²) >= 11 is 4.69. The third kappa shape index (κ3) is 47.4. The lowest BCUT2D eigenvalue weighted by Gasteiger charge is -2.19. The van der Waals surface area contributed by atoms with Crippen molar-refractivity contribution in [3.8, 4) is 0 Å². The summed E-state index contributed by atoms with van der Waals surface area (Å²) in [6.07, 6.45) is 13.0. The van der Waals surface area contributed by atoms with Crippen molar-refractivity contribution in [2.75, 3.05) is 51.1 Å². The molecule has 7 nitrogen and oxygen atoms in total. The molecular formula is C54H92O7S3. The fourth-order valence-electron chi connectivity index (χ4n) is 5.00. The first kappa shape index (κ1) is 68.0. The lowest BCUT2D eigenvalue weighted by atomic mass is 10.1. The van der Waals surface area contributed by atoms with Gasteiger partial charge in [-0.25, -0.2) is 4.79 Å². The standard InChI is InChI=1S/C13H18O2.C11H14OS.C9H12.C8H18O2.C5H12S.C4H8OS.C4H10O/c1-4-12(10(2)3)15-13(14)11-8-6-5-7-9-11;1-2-3-9-13-11(12)10-7-5-4-6-8-10;1-2-6-9-7-4-3-5-8-9;1-5-8(7(2)3)10-6-9-4;1-3-4-5-6-2;1-3-6-4(2)5;1-3-4-5-2/h5-10,12H,4H2,1-3H3;4-8H,2-3,9H2,1H3;3-5,7-8H,2,6H2,1H3;7-8H,5-6H2,1-4H3;3-5H2,1-2H3;3H2,1-2H3;3-4H2,1-2H3. The Hall–Kier alpha value is -2.60. The molecule has 0 aliphatic carbocycles. The first-order valence-corrected chi connectivity index (χ1v) is 26.8. The molecule has 3 aromatic rings. The van der Waals surface area contributed by atoms with Crippen LogP contribution in [0.4, 0.5) is 0 Å². The van der Waals surface area contributed by atoms with Gasteiger partial charge in [0, 0.05) is 39.1 Å². The van der Waals surface area contributed by atoms with Crippen molar-refractivity contribution in [3.05, 3.63) is 108 Å². The van der Waals surface area contributed by atoms with Gasteiger partial charge < -0.3 is 18.9 Å². The van der Waals surface area contributed by atoms with E-state index in [0.29, 0.717) is 30.3 Å². The maximum absolute atomic E-state index is 11.7. The van der Waals surface area contributed by atoms with E-state index in [0.717, 1.165) is 55.8 Å². The number of ether oxygens (including phenoxy) is 4. The van der Waals surface area contributed by atoms with Crippen LogP contribution >= 0.6 is 35.3 Å². The average molecular weight is 950 g/mol. The number of hydrogen-bond donors (Lipinski definition) is 0. The van der Waals surface area contributed by atoms with Crippen molar-refractivity contribution in [1.82, 2.24) is 0 Å². The van der Waals surface area contributed by atoms with Crippen LogP contribution in [0.15, 0.2) is 91.0 Å². The van der Waals surface area contributed by atoms with Crippen LogP contribution < -0.4 is 0 Å². The Morgan fingerprint density at radius 1 is 0.578 bits per heavy atom. The Morgan fingerprint density at radius 3 is 1.39 bits per heavy atom. The fraction of sp³-hybridized carbons (Fsp3) is 0.611. The first-order chi connectivity index (χ1) is 30.7. The van der Waals surface area contributed by atoms with Crippen LogP contribution in [0.25, 0.3) is 0 Å². The van der Waals surface area contributed by atoms with Crippen molar-refractivity contribution in [2.45, 2.75) is 153 Å². The molecule has 0 heterocycles. The molecule has 0 fully saturated rings. The van der Waals surface area contributed by atoms with E-state index in [9.17, 15) is 14.4 Å². The molecule has 3 aromatic carbocycles. The lowest BCUT2D eigenvalue weighted by molar-refractivity contribution is -0.109. The predicted molar refractivity (Wildman–Crippen MR) is 285 cm³/mol. The summed E-state index contributed by atoms with van der Waals surface area (Å²) in [7, 11) is 3.36. The molecular weight excluding hydrogens is 857 g/mol. The number of methoxy groups -OCH3 is 2. The van der Waals surface area contributed by atoms with Gasteiger partial charge >= 0.3 is 5.97 Å². The third-order valence-electron chi connectivity index (χ3n) is 8.54. The van der Waals surface area contributed by atoms with Crippen LogP contribution in [0.3, 0.4) is 0 Å². The number of rotatable bonds is 21. The summed E-state index contributed by atoms with van der Waals surface area (Å²) in [5, 5.41) is 0.395. The molecule has 64 heavy (non-hydrogen) atoms. The number of benzene rings is 3. The lowest BCUT2D eigenvalue weighted by Crippen LogP contribution is -2.22. The van der Waals surface area contributed by atoms with Crippen molar-refractivity contribution < 1.29 is 33.3 Å². The zero-order valence-corrected chi connectivity index (χ0v) is 45.4. The highest BCUT2D eigenvalue weighted by atomic mass is 32.2. The maximum atomic E-state index is 11.7. The zero-order chi connectivity index (χ0) is 49.2. The minimum Gasteiger partial charge on any atom is -0.459 e. The second-order valence-corrected chi connectivity index (χ2v) is 18.6. The average Bonchev–Trinajstić information content (AvgIpc) is 3.30. The van der Waals surface area contributed by atoms with Gasteiger partial charge in [0.2, 0.25) is 5.12 Å². The van der Waals surface area contributed by atoms with E-state index in [1.54, 1.807) is 33.3 Å². The highest BCUT2D eigenvalue weighted by Gasteiger charge is 2.17. The number of carbonyl (C=O) groups is 3. The molecule has 0 aromatic heterocycles. The minimum absolute atomic E-state index is 0.0118. The SMILES string of the molecule is CCC(OC(=O)c1ccccc1)C(C)C.CCC(OCOC)C(C)C.CCCCSC.CCCCSC(=O)c1ccccc1.CCCOC.CCCc1ccccc1.CCSC(C)=O. The summed E-state index contributed by atoms with van der Waals surface area (Å²) in [6, 6.07) is 29.1. The summed E-state index contributed by atoms with van der Waals surface area (Å²) in [6.45, 7) is 26.1. The summed E-state index contributed by atoms with van der Waals surface area (Å²) < 4.78 is 20.3. The van der Waals surface area contributed by atoms with E-state index in [-0.39, 0.29) is 22.3 Å². The monoisotopic (exact) mass is 949 g/mol. The van der Waals surface area contributed by atoms with Gasteiger partial charge in [0.1, 0.15) is 12.9 Å². The van der Waals surface area contributed by atoms with E-state index >= 15 is 0 Å². The Bertz CT molecular complexity index is 1390. The summed E-state index contributed by atoms with van der Waals surface area (Å²) in [4.78, 5) is 33.2. The van der Waals surface area contributed by atoms with Gasteiger partial charge in [0.05, 0.1) is 11.7 Å². The molecule has 0 N–H and O–H groups in total. The Morgan fingerprint density at radius 2 is 1.06 bits per heavy atom. The van der Waals surface area contributed by atoms with Crippen molar-refractivity contribution in [2.24, 2.45) is 11.8 Å². The van der Waals surface area contributed by atoms with E-state index in [2.05, 4.69) is 98.9 Å². The van der Waals surface area contributed by atoms with Crippen LogP contribution in [0.2, 0.25) is 0 Å². The molecule has 0 radical (unpaired) electrons. The second-order valence-electron chi connectivity index (χ2n) is 15.1. The summed E-state index contributed by atoms with van der Waals surface area (Å²) in [5.74, 6) is 3.88. The van der Waals surface area contributed by atoms with Crippen molar-refractivity contribution in [1.29, 1.82) is 0 Å². The van der Waals surface area contributed by atoms with Gasteiger partial charge in [-0.3, -0.25) is 9.59 Å². The number of hydrogen-bond acceptors (Lipinski definition) is 10. The van der Waals surface area contributed by atoms with Gasteiger partial charge in [0.25, 0.3) is 0 Å². The molecule has 2 atom stereocenters. The fourth-order valence-corrected chi connectivity index (χ4v) is 6.91. The topological polar surface area (TPSA) is 88.1 Å². The smallest absolute Gasteiger partial charge is 0.338 e. The molecule has 368 valence electrons. The van der Waals surface area contributed by atoms with E-state index in [4.69, 9.17) is 18.9 Å². The van der Waals surface area contributed by atoms with Gasteiger partial charge in [0.15, 0.2) is 5.12 Å². The highest BCUT2D eigenvalue weighted by molar-refractivity contribution is 8.14. The van der Waals surface area contributed by atoms with Gasteiger partial charge in [-0.05, 0) is 85.8 Å². The molecule has 3 rings (SSSR count). The van der Waals surface area contributed by atoms with Crippen LogP contribution in [0.1, 0.15) is 161 Å². The molecule has 0 bridgehead atoms. The molecule has 2 unspecified atom stereocenters. The molecule has 0 saturated carbocycles. The van der Waals surface area contributed by atoms with E-state index < -0.39 is 0 Å². The zero-order valence-electron chi connectivity index (χ0n) is 43.0. The number of thioether (sulfide) groups is 3. The second kappa shape index (κ2) is 53.0. The number of aryl methyl sites for hydroxylation is 1. The third-order valence-corrected chi connectivity index (χ3v) is 10.9. The van der Waals surface area contributed by atoms with Crippen molar-refractivity contribution >= 4 is 51.5 Å². The van der Waals surface area contributed by atoms with Crippen LogP contribution in [-0.4, -0.2) is 79.5 Å². The quantitative estimate of drug-likeness (QED) is 0.0584. The van der Waals surface area contributed by atoms with Crippen molar-refractivity contribution in [3.63, 3.8) is 0 Å². The van der Waals surface area contributed by atoms with Gasteiger partial charge in [-0.1, -0.05) is 198 Å². The molecule has 0 aliphatic heterocycles. The van der Waals surface area contributed by atoms with E-state index in [1.165, 1.54) is 60.5 Å². The summed E-state index contributed by atoms with van der Waals surface area (Å²) in [5.41, 5.74) is 2.88. The van der Waals surface area contributed by atoms with Gasteiger partial charge in [-0.2, -0.15) is 11.8 Å². The van der Waals surface area contributed by atoms with E-state index in [1.807, 2.05) is 74.1 Å². The van der Waals surface area contributed by atoms with Crippen LogP contribution in [0, 0.1) is 11.8 Å². The Labute approximate surface area is 406 Å². The minimum atomic E-state index is -0.226. The first-order valence-electron chi connectivity index (χ1n) is 23.5. The number of carbonyl (C=O) groups excluding carboxylic acids is 3. The molecule has 0 aliphatic rings. The Kier molecular flexibility index (Phi) is 56.3. The molecule has 0 amide bonds. The number of esters is 1. The molecule has 0 saturated heterocycles. The predicted octanol–water partition coefficient (Wildman–Crippen LogP) is 15.8. The van der Waals surface area contributed by atoms with Crippen LogP contribution in [0.5, 0.6) is 0 Å². The molecule has 10 heteroatoms. The van der Waals surface area contributed by atoms with Gasteiger partial charge in [-0.15, -0.1) is 0 Å². The normalized spacial score (nSPS) is 10.8. The van der Waals surface area contributed by atoms with Crippen LogP contribution in [-0.2, 0) is 30.2 Å².